The van der Waals surface area contributed by atoms with Crippen LogP contribution >= 0.6 is 15.9 Å². The first-order valence-electron chi connectivity index (χ1n) is 4.71. The maximum atomic E-state index is 9.36. The molecule has 4 nitrogen and oxygen atoms in total. The minimum atomic E-state index is -0.470. The van der Waals surface area contributed by atoms with E-state index in [4.69, 9.17) is 4.74 Å². The highest BCUT2D eigenvalue weighted by Crippen LogP contribution is 2.05. The van der Waals surface area contributed by atoms with Crippen LogP contribution in [0, 0.1) is 0 Å². The lowest BCUT2D eigenvalue weighted by Gasteiger charge is -2.10. The molecule has 1 unspecified atom stereocenters. The monoisotopic (exact) mass is 274 g/mol. The zero-order valence-electron chi connectivity index (χ0n) is 8.61. The summed E-state index contributed by atoms with van der Waals surface area (Å²) < 4.78 is 5.63. The number of hydrogen-bond acceptors (Lipinski definition) is 4. The smallest absolute Gasteiger partial charge is 0.106 e. The largest absolute Gasteiger partial charge is 0.389 e. The van der Waals surface area contributed by atoms with Crippen LogP contribution in [0.1, 0.15) is 5.69 Å². The van der Waals surface area contributed by atoms with Gasteiger partial charge in [0, 0.05) is 20.2 Å². The quantitative estimate of drug-likeness (QED) is 0.759. The summed E-state index contributed by atoms with van der Waals surface area (Å²) >= 11 is 3.30. The van der Waals surface area contributed by atoms with Crippen molar-refractivity contribution < 1.29 is 9.84 Å². The van der Waals surface area contributed by atoms with Gasteiger partial charge in [-0.25, -0.2) is 4.98 Å². The van der Waals surface area contributed by atoms with Gasteiger partial charge in [0.25, 0.3) is 0 Å². The molecule has 5 heteroatoms. The van der Waals surface area contributed by atoms with Gasteiger partial charge in [0.1, 0.15) is 4.60 Å². The molecule has 0 aliphatic rings. The third-order valence-electron chi connectivity index (χ3n) is 1.82. The Morgan fingerprint density at radius 2 is 2.40 bits per heavy atom. The molecule has 0 amide bonds. The van der Waals surface area contributed by atoms with Gasteiger partial charge in [0.05, 0.1) is 18.4 Å². The van der Waals surface area contributed by atoms with Gasteiger partial charge in [-0.15, -0.1) is 0 Å². The van der Waals surface area contributed by atoms with Crippen LogP contribution in [-0.2, 0) is 11.3 Å². The second-order valence-corrected chi connectivity index (χ2v) is 4.00. The number of hydrogen-bond donors (Lipinski definition) is 2. The lowest BCUT2D eigenvalue weighted by Crippen LogP contribution is -2.29. The first-order valence-corrected chi connectivity index (χ1v) is 5.51. The third kappa shape index (κ3) is 5.22. The van der Waals surface area contributed by atoms with E-state index in [0.717, 1.165) is 10.3 Å². The number of halogens is 1. The number of nitrogens with zero attached hydrogens (tertiary/aromatic N) is 1. The summed E-state index contributed by atoms with van der Waals surface area (Å²) in [6, 6.07) is 5.74. The van der Waals surface area contributed by atoms with E-state index in [-0.39, 0.29) is 0 Å². The number of methoxy groups -OCH3 is 1. The highest BCUT2D eigenvalue weighted by molar-refractivity contribution is 9.10. The van der Waals surface area contributed by atoms with E-state index in [2.05, 4.69) is 26.2 Å². The molecule has 0 aromatic carbocycles. The van der Waals surface area contributed by atoms with E-state index in [1.54, 1.807) is 7.11 Å². The van der Waals surface area contributed by atoms with Crippen LogP contribution in [0.25, 0.3) is 0 Å². The van der Waals surface area contributed by atoms with Crippen molar-refractivity contribution in [1.82, 2.24) is 10.3 Å². The van der Waals surface area contributed by atoms with Gasteiger partial charge in [-0.05, 0) is 28.1 Å². The molecule has 15 heavy (non-hydrogen) atoms. The lowest BCUT2D eigenvalue weighted by atomic mass is 10.3. The van der Waals surface area contributed by atoms with Crippen LogP contribution < -0.4 is 5.32 Å². The Morgan fingerprint density at radius 3 is 3.07 bits per heavy atom. The van der Waals surface area contributed by atoms with Crippen molar-refractivity contribution in [2.24, 2.45) is 0 Å². The third-order valence-corrected chi connectivity index (χ3v) is 2.26. The Bertz CT molecular complexity index is 297. The normalized spacial score (nSPS) is 12.7. The molecule has 0 aliphatic carbocycles. The summed E-state index contributed by atoms with van der Waals surface area (Å²) in [6.07, 6.45) is -0.470. The molecule has 0 spiro atoms. The van der Waals surface area contributed by atoms with Gasteiger partial charge in [0.15, 0.2) is 0 Å². The van der Waals surface area contributed by atoms with Gasteiger partial charge < -0.3 is 15.2 Å². The zero-order chi connectivity index (χ0) is 11.1. The Hall–Kier alpha value is -0.490. The standard InChI is InChI=1S/C10H15BrN2O2/c1-15-7-9(14)6-12-5-8-3-2-4-10(11)13-8/h2-4,9,12,14H,5-7H2,1H3. The number of ether oxygens (including phenoxy) is 1. The van der Waals surface area contributed by atoms with Gasteiger partial charge in [0.2, 0.25) is 0 Å². The fourth-order valence-electron chi connectivity index (χ4n) is 1.17. The van der Waals surface area contributed by atoms with Crippen LogP contribution in [0.15, 0.2) is 22.8 Å². The second kappa shape index (κ2) is 6.90. The van der Waals surface area contributed by atoms with Gasteiger partial charge in [-0.3, -0.25) is 0 Å². The van der Waals surface area contributed by atoms with Crippen LogP contribution in [0.3, 0.4) is 0 Å². The molecular formula is C10H15BrN2O2. The predicted octanol–water partition coefficient (Wildman–Crippen LogP) is 0.941. The number of aromatic nitrogens is 1. The van der Waals surface area contributed by atoms with Crippen molar-refractivity contribution in [3.05, 3.63) is 28.5 Å². The summed E-state index contributed by atoms with van der Waals surface area (Å²) in [5.41, 5.74) is 0.939. The fraction of sp³-hybridized carbons (Fsp3) is 0.500. The molecule has 0 radical (unpaired) electrons. The molecule has 1 rings (SSSR count). The average molecular weight is 275 g/mol. The first-order chi connectivity index (χ1) is 7.22. The number of nitrogens with one attached hydrogen (secondary N) is 1. The Morgan fingerprint density at radius 1 is 1.60 bits per heavy atom. The van der Waals surface area contributed by atoms with Crippen LogP contribution in [-0.4, -0.2) is 36.5 Å². The summed E-state index contributed by atoms with van der Waals surface area (Å²) in [5, 5.41) is 12.5. The SMILES string of the molecule is COCC(O)CNCc1cccc(Br)n1. The summed E-state index contributed by atoms with van der Waals surface area (Å²) in [7, 11) is 1.57. The molecule has 0 aliphatic heterocycles. The minimum Gasteiger partial charge on any atom is -0.389 e. The molecule has 0 fully saturated rings. The maximum absolute atomic E-state index is 9.36. The number of rotatable bonds is 6. The topological polar surface area (TPSA) is 54.4 Å². The number of pyridine rings is 1. The molecule has 2 N–H and O–H groups in total. The molecule has 0 saturated carbocycles. The highest BCUT2D eigenvalue weighted by Gasteiger charge is 2.02. The van der Waals surface area contributed by atoms with Crippen LogP contribution in [0.2, 0.25) is 0 Å². The second-order valence-electron chi connectivity index (χ2n) is 3.19. The molecule has 0 bridgehead atoms. The van der Waals surface area contributed by atoms with Gasteiger partial charge in [-0.2, -0.15) is 0 Å². The van der Waals surface area contributed by atoms with Crippen LogP contribution in [0.4, 0.5) is 0 Å². The predicted molar refractivity (Wildman–Crippen MR) is 61.5 cm³/mol. The van der Waals surface area contributed by atoms with E-state index >= 15 is 0 Å². The number of aliphatic hydroxyl groups is 1. The Kier molecular flexibility index (Phi) is 5.78. The summed E-state index contributed by atoms with van der Waals surface area (Å²) in [6.45, 7) is 1.49. The van der Waals surface area contributed by atoms with Crippen molar-refractivity contribution in [3.8, 4) is 0 Å². The van der Waals surface area contributed by atoms with Crippen molar-refractivity contribution in [2.45, 2.75) is 12.6 Å². The molecule has 0 saturated heterocycles. The molecule has 1 aromatic rings. The van der Waals surface area contributed by atoms with Gasteiger partial charge in [-0.1, -0.05) is 6.07 Å². The minimum absolute atomic E-state index is 0.346. The van der Waals surface area contributed by atoms with E-state index in [0.29, 0.717) is 19.7 Å². The molecule has 1 atom stereocenters. The van der Waals surface area contributed by atoms with E-state index in [1.807, 2.05) is 18.2 Å². The fourth-order valence-corrected chi connectivity index (χ4v) is 1.55. The average Bonchev–Trinajstić information content (AvgIpc) is 2.18. The van der Waals surface area contributed by atoms with Crippen molar-refractivity contribution >= 4 is 15.9 Å². The van der Waals surface area contributed by atoms with Gasteiger partial charge >= 0.3 is 0 Å². The molecule has 84 valence electrons. The van der Waals surface area contributed by atoms with E-state index in [9.17, 15) is 5.11 Å². The van der Waals surface area contributed by atoms with E-state index < -0.39 is 6.10 Å². The number of aliphatic hydroxyl groups excluding tert-OH is 1. The first kappa shape index (κ1) is 12.6. The van der Waals surface area contributed by atoms with Crippen molar-refractivity contribution in [3.63, 3.8) is 0 Å². The molecule has 1 aromatic heterocycles. The lowest BCUT2D eigenvalue weighted by molar-refractivity contribution is 0.0643. The van der Waals surface area contributed by atoms with E-state index in [1.165, 1.54) is 0 Å². The Labute approximate surface area is 97.8 Å². The van der Waals surface area contributed by atoms with Crippen molar-refractivity contribution in [2.75, 3.05) is 20.3 Å². The zero-order valence-corrected chi connectivity index (χ0v) is 10.2. The maximum Gasteiger partial charge on any atom is 0.106 e. The summed E-state index contributed by atoms with van der Waals surface area (Å²) in [4.78, 5) is 4.26. The Balaban J connectivity index is 2.25. The highest BCUT2D eigenvalue weighted by atomic mass is 79.9. The molecular weight excluding hydrogens is 260 g/mol. The van der Waals surface area contributed by atoms with Crippen molar-refractivity contribution in [1.29, 1.82) is 0 Å². The van der Waals surface area contributed by atoms with Crippen LogP contribution in [0.5, 0.6) is 0 Å². The summed E-state index contributed by atoms with van der Waals surface area (Å²) in [5.74, 6) is 0. The molecule has 1 heterocycles.